The van der Waals surface area contributed by atoms with Crippen LogP contribution >= 0.6 is 0 Å². The van der Waals surface area contributed by atoms with Crippen LogP contribution in [0.5, 0.6) is 0 Å². The van der Waals surface area contributed by atoms with Crippen molar-refractivity contribution in [3.8, 4) is 0 Å². The summed E-state index contributed by atoms with van der Waals surface area (Å²) in [6, 6.07) is 0.826. The summed E-state index contributed by atoms with van der Waals surface area (Å²) < 4.78 is 5.77. The van der Waals surface area contributed by atoms with E-state index in [4.69, 9.17) is 4.74 Å². The lowest BCUT2D eigenvalue weighted by Gasteiger charge is -2.39. The maximum absolute atomic E-state index is 5.77. The highest BCUT2D eigenvalue weighted by molar-refractivity contribution is 4.92. The predicted molar refractivity (Wildman–Crippen MR) is 85.1 cm³/mol. The van der Waals surface area contributed by atoms with E-state index in [1.165, 1.54) is 45.2 Å². The molecule has 1 aliphatic heterocycles. The second-order valence-electron chi connectivity index (χ2n) is 7.91. The van der Waals surface area contributed by atoms with Gasteiger partial charge in [-0.05, 0) is 46.6 Å². The van der Waals surface area contributed by atoms with Gasteiger partial charge in [0.05, 0.1) is 6.61 Å². The Labute approximate surface area is 125 Å². The van der Waals surface area contributed by atoms with Gasteiger partial charge in [-0.25, -0.2) is 0 Å². The van der Waals surface area contributed by atoms with Gasteiger partial charge in [0.25, 0.3) is 0 Å². The van der Waals surface area contributed by atoms with Crippen LogP contribution in [0.25, 0.3) is 0 Å². The summed E-state index contributed by atoms with van der Waals surface area (Å²) in [5.41, 5.74) is 0.520. The van der Waals surface area contributed by atoms with E-state index < -0.39 is 0 Å². The van der Waals surface area contributed by atoms with Crippen molar-refractivity contribution in [2.24, 2.45) is 5.41 Å². The number of hydrogen-bond donors (Lipinski definition) is 1. The molecular formula is C17H34N2O. The van der Waals surface area contributed by atoms with Crippen LogP contribution in [0.1, 0.15) is 59.8 Å². The Balaban J connectivity index is 1.96. The Morgan fingerprint density at radius 1 is 1.25 bits per heavy atom. The lowest BCUT2D eigenvalue weighted by atomic mass is 9.85. The zero-order valence-electron chi connectivity index (χ0n) is 14.0. The molecule has 3 heteroatoms. The minimum Gasteiger partial charge on any atom is -0.381 e. The van der Waals surface area contributed by atoms with Crippen molar-refractivity contribution in [2.45, 2.75) is 71.4 Å². The summed E-state index contributed by atoms with van der Waals surface area (Å²) in [7, 11) is 0. The summed E-state index contributed by atoms with van der Waals surface area (Å²) in [4.78, 5) is 2.73. The van der Waals surface area contributed by atoms with Crippen LogP contribution in [-0.4, -0.2) is 49.3 Å². The Kier molecular flexibility index (Phi) is 5.49. The van der Waals surface area contributed by atoms with Gasteiger partial charge in [0, 0.05) is 36.7 Å². The highest BCUT2D eigenvalue weighted by Crippen LogP contribution is 2.33. The molecule has 2 fully saturated rings. The molecule has 0 spiro atoms. The van der Waals surface area contributed by atoms with Crippen LogP contribution in [-0.2, 0) is 4.74 Å². The molecule has 20 heavy (non-hydrogen) atoms. The molecule has 3 nitrogen and oxygen atoms in total. The fourth-order valence-electron chi connectivity index (χ4n) is 3.62. The fraction of sp³-hybridized carbons (Fsp3) is 1.00. The standard InChI is InChI=1S/C17H34N2O/c1-5-19(15-8-6-7-9-15)13-17(10-11-20-14-17)12-18-16(2,3)4/h15,18H,5-14H2,1-4H3. The molecule has 0 aromatic heterocycles. The van der Waals surface area contributed by atoms with Gasteiger partial charge >= 0.3 is 0 Å². The van der Waals surface area contributed by atoms with Gasteiger partial charge in [-0.15, -0.1) is 0 Å². The van der Waals surface area contributed by atoms with Crippen molar-refractivity contribution in [1.29, 1.82) is 0 Å². The van der Waals surface area contributed by atoms with E-state index in [0.29, 0.717) is 5.41 Å². The summed E-state index contributed by atoms with van der Waals surface area (Å²) in [6.45, 7) is 14.4. The van der Waals surface area contributed by atoms with Crippen LogP contribution in [0.3, 0.4) is 0 Å². The number of nitrogens with one attached hydrogen (secondary N) is 1. The maximum atomic E-state index is 5.77. The first-order valence-electron chi connectivity index (χ1n) is 8.51. The molecular weight excluding hydrogens is 248 g/mol. The van der Waals surface area contributed by atoms with Gasteiger partial charge in [-0.1, -0.05) is 19.8 Å². The minimum absolute atomic E-state index is 0.194. The summed E-state index contributed by atoms with van der Waals surface area (Å²) in [5.74, 6) is 0. The highest BCUT2D eigenvalue weighted by Gasteiger charge is 2.38. The predicted octanol–water partition coefficient (Wildman–Crippen LogP) is 3.05. The molecule has 0 aromatic rings. The third-order valence-electron chi connectivity index (χ3n) is 4.96. The van der Waals surface area contributed by atoms with E-state index in [2.05, 4.69) is 37.9 Å². The molecule has 2 aliphatic rings. The average Bonchev–Trinajstić information content (AvgIpc) is 3.05. The van der Waals surface area contributed by atoms with E-state index >= 15 is 0 Å². The number of ether oxygens (including phenoxy) is 1. The van der Waals surface area contributed by atoms with Crippen molar-refractivity contribution in [3.63, 3.8) is 0 Å². The Bertz CT molecular complexity index is 286. The molecule has 1 heterocycles. The van der Waals surface area contributed by atoms with Crippen LogP contribution < -0.4 is 5.32 Å². The van der Waals surface area contributed by atoms with Gasteiger partial charge in [-0.2, -0.15) is 0 Å². The SMILES string of the molecule is CCN(CC1(CNC(C)(C)C)CCOC1)C1CCCC1. The molecule has 0 bridgehead atoms. The third-order valence-corrected chi connectivity index (χ3v) is 4.96. The Morgan fingerprint density at radius 2 is 1.95 bits per heavy atom. The number of hydrogen-bond acceptors (Lipinski definition) is 3. The van der Waals surface area contributed by atoms with Crippen LogP contribution in [0, 0.1) is 5.41 Å². The number of rotatable bonds is 6. The summed E-state index contributed by atoms with van der Waals surface area (Å²) in [6.07, 6.45) is 6.85. The van der Waals surface area contributed by atoms with Crippen molar-refractivity contribution < 1.29 is 4.74 Å². The van der Waals surface area contributed by atoms with Gasteiger partial charge in [0.15, 0.2) is 0 Å². The zero-order valence-corrected chi connectivity index (χ0v) is 14.0. The third kappa shape index (κ3) is 4.44. The molecule has 1 aliphatic carbocycles. The molecule has 1 N–H and O–H groups in total. The molecule has 1 atom stereocenters. The first-order chi connectivity index (χ1) is 9.44. The van der Waals surface area contributed by atoms with E-state index in [0.717, 1.165) is 25.8 Å². The molecule has 1 saturated carbocycles. The number of nitrogens with zero attached hydrogens (tertiary/aromatic N) is 1. The highest BCUT2D eigenvalue weighted by atomic mass is 16.5. The normalized spacial score (nSPS) is 28.6. The first kappa shape index (κ1) is 16.3. The van der Waals surface area contributed by atoms with Crippen LogP contribution in [0.15, 0.2) is 0 Å². The molecule has 0 amide bonds. The molecule has 2 rings (SSSR count). The maximum Gasteiger partial charge on any atom is 0.0547 e. The van der Waals surface area contributed by atoms with Crippen molar-refractivity contribution in [2.75, 3.05) is 32.8 Å². The topological polar surface area (TPSA) is 24.5 Å². The fourth-order valence-corrected chi connectivity index (χ4v) is 3.62. The molecule has 118 valence electrons. The first-order valence-corrected chi connectivity index (χ1v) is 8.51. The van der Waals surface area contributed by atoms with E-state index in [1.54, 1.807) is 0 Å². The average molecular weight is 282 g/mol. The lowest BCUT2D eigenvalue weighted by molar-refractivity contribution is 0.0844. The van der Waals surface area contributed by atoms with Gasteiger partial charge in [-0.3, -0.25) is 4.90 Å². The largest absolute Gasteiger partial charge is 0.381 e. The molecule has 0 aromatic carbocycles. The van der Waals surface area contributed by atoms with E-state index in [1.807, 2.05) is 0 Å². The zero-order chi connectivity index (χ0) is 14.6. The smallest absolute Gasteiger partial charge is 0.0547 e. The second kappa shape index (κ2) is 6.76. The van der Waals surface area contributed by atoms with Gasteiger partial charge in [0.1, 0.15) is 0 Å². The van der Waals surface area contributed by atoms with Crippen molar-refractivity contribution >= 4 is 0 Å². The quantitative estimate of drug-likeness (QED) is 0.810. The lowest BCUT2D eigenvalue weighted by Crippen LogP contribution is -2.51. The Hall–Kier alpha value is -0.120. The minimum atomic E-state index is 0.194. The second-order valence-corrected chi connectivity index (χ2v) is 7.91. The van der Waals surface area contributed by atoms with E-state index in [9.17, 15) is 0 Å². The van der Waals surface area contributed by atoms with Gasteiger partial charge in [0.2, 0.25) is 0 Å². The molecule has 1 unspecified atom stereocenters. The van der Waals surface area contributed by atoms with Crippen molar-refractivity contribution in [1.82, 2.24) is 10.2 Å². The molecule has 1 saturated heterocycles. The van der Waals surface area contributed by atoms with Gasteiger partial charge < -0.3 is 10.1 Å². The molecule has 0 radical (unpaired) electrons. The Morgan fingerprint density at radius 3 is 2.45 bits per heavy atom. The monoisotopic (exact) mass is 282 g/mol. The summed E-state index contributed by atoms with van der Waals surface area (Å²) >= 11 is 0. The van der Waals surface area contributed by atoms with Crippen LogP contribution in [0.4, 0.5) is 0 Å². The van der Waals surface area contributed by atoms with Crippen LogP contribution in [0.2, 0.25) is 0 Å². The summed E-state index contributed by atoms with van der Waals surface area (Å²) in [5, 5.41) is 3.72. The van der Waals surface area contributed by atoms with E-state index in [-0.39, 0.29) is 5.54 Å². The van der Waals surface area contributed by atoms with Crippen molar-refractivity contribution in [3.05, 3.63) is 0 Å².